The van der Waals surface area contributed by atoms with E-state index in [1.54, 1.807) is 0 Å². The number of hydrogen-bond acceptors (Lipinski definition) is 1. The SMILES string of the molecule is CC(C)c1cc2c3c(c1)c1ccc(-c4cccc(-c5cccc(-c6ccc7c8ccccc8c8c(CC(C)(C)c9cc%10c%11c(c9)c9ccc(-c%12cccc(-c%13cccc(-c%14cccc%15c%14sc%14ccccc%14%15)c%13)c%12)cc9c9cc(C(C)(C)C)cc(c9%11)C%10(C)C)cccc8c7c6)c5)c4)cc1c1cc(C(C)C)cc(c13)C2(C)C. The molecule has 0 saturated heterocycles. The van der Waals surface area contributed by atoms with E-state index in [9.17, 15) is 0 Å². The lowest BCUT2D eigenvalue weighted by molar-refractivity contribution is 0.523. The third-order valence-corrected chi connectivity index (χ3v) is 27.6. The van der Waals surface area contributed by atoms with Crippen LogP contribution < -0.4 is 0 Å². The van der Waals surface area contributed by atoms with Gasteiger partial charge in [0.15, 0.2) is 0 Å². The van der Waals surface area contributed by atoms with Gasteiger partial charge >= 0.3 is 0 Å². The summed E-state index contributed by atoms with van der Waals surface area (Å²) in [6.07, 6.45) is 0.864. The van der Waals surface area contributed by atoms with Gasteiger partial charge in [-0.2, -0.15) is 0 Å². The van der Waals surface area contributed by atoms with Gasteiger partial charge < -0.3 is 0 Å². The summed E-state index contributed by atoms with van der Waals surface area (Å²) in [5.74, 6) is 0.854. The van der Waals surface area contributed by atoms with Crippen molar-refractivity contribution >= 4 is 128 Å². The molecule has 0 bridgehead atoms. The summed E-state index contributed by atoms with van der Waals surface area (Å²) in [6.45, 7) is 31.4. The van der Waals surface area contributed by atoms with Crippen LogP contribution in [0.25, 0.3) is 184 Å². The Labute approximate surface area is 655 Å². The maximum atomic E-state index is 2.62. The van der Waals surface area contributed by atoms with Crippen molar-refractivity contribution in [1.82, 2.24) is 0 Å². The second kappa shape index (κ2) is 24.3. The maximum absolute atomic E-state index is 2.62. The van der Waals surface area contributed by atoms with E-state index in [0.717, 1.165) is 6.42 Å². The monoisotopic (exact) mass is 1440 g/mol. The zero-order valence-electron chi connectivity index (χ0n) is 65.9. The molecule has 1 heteroatoms. The van der Waals surface area contributed by atoms with Crippen molar-refractivity contribution in [3.63, 3.8) is 0 Å². The molecule has 536 valence electrons. The summed E-state index contributed by atoms with van der Waals surface area (Å²) in [6, 6.07) is 111. The van der Waals surface area contributed by atoms with Crippen LogP contribution in [0, 0.1) is 0 Å². The Morgan fingerprint density at radius 1 is 0.270 bits per heavy atom. The van der Waals surface area contributed by atoms with Gasteiger partial charge in [-0.3, -0.25) is 0 Å². The van der Waals surface area contributed by atoms with Gasteiger partial charge in [-0.1, -0.05) is 314 Å². The molecule has 0 spiro atoms. The first-order chi connectivity index (χ1) is 53.5. The normalized spacial score (nSPS) is 14.0. The lowest BCUT2D eigenvalue weighted by Crippen LogP contribution is -2.23. The summed E-state index contributed by atoms with van der Waals surface area (Å²) < 4.78 is 2.67. The lowest BCUT2D eigenvalue weighted by atomic mass is 9.74. The molecule has 0 aliphatic heterocycles. The molecule has 0 saturated carbocycles. The van der Waals surface area contributed by atoms with Crippen molar-refractivity contribution < 1.29 is 0 Å². The third kappa shape index (κ3) is 10.3. The van der Waals surface area contributed by atoms with E-state index in [0.29, 0.717) is 11.8 Å². The lowest BCUT2D eigenvalue weighted by Gasteiger charge is -2.30. The Hall–Kier alpha value is -11.5. The number of benzene rings is 18. The van der Waals surface area contributed by atoms with Gasteiger partial charge in [0.1, 0.15) is 0 Å². The summed E-state index contributed by atoms with van der Waals surface area (Å²) in [4.78, 5) is 0. The van der Waals surface area contributed by atoms with Gasteiger partial charge in [-0.25, -0.2) is 0 Å². The Kier molecular flexibility index (Phi) is 14.8. The first kappa shape index (κ1) is 67.6. The molecule has 0 fully saturated rings. The molecule has 0 amide bonds. The van der Waals surface area contributed by atoms with Crippen LogP contribution in [0.3, 0.4) is 0 Å². The zero-order chi connectivity index (χ0) is 75.6. The first-order valence-corrected chi connectivity index (χ1v) is 41.1. The van der Waals surface area contributed by atoms with E-state index in [1.807, 2.05) is 11.3 Å². The molecule has 0 N–H and O–H groups in total. The van der Waals surface area contributed by atoms with Crippen molar-refractivity contribution in [1.29, 1.82) is 0 Å². The van der Waals surface area contributed by atoms with E-state index in [2.05, 4.69) is 375 Å². The first-order valence-electron chi connectivity index (χ1n) is 40.3. The van der Waals surface area contributed by atoms with Gasteiger partial charge in [0.05, 0.1) is 0 Å². The van der Waals surface area contributed by atoms with E-state index in [4.69, 9.17) is 0 Å². The fraction of sp³-hybridized carbons (Fsp3) is 0.182. The predicted octanol–water partition coefficient (Wildman–Crippen LogP) is 31.8. The van der Waals surface area contributed by atoms with Gasteiger partial charge in [-0.15, -0.1) is 11.3 Å². The minimum Gasteiger partial charge on any atom is -0.135 e. The standard InChI is InChI=1S/C110H90S/c1-62(2)76-53-92-83-44-41-72(51-90(83)93-54-77(63(3)4)56-97-103(93)102(92)96(55-76)109(97,10)11)68-28-19-25-65(47-68)64-24-18-27-67(46-64)71-40-43-82-81-33-14-15-35-86(81)101-75(32-22-37-87(101)89(82)50-71)61-108(8,9)79-58-94-84-45-42-73(52-91(84)95-57-78(107(5,6)7)59-98-105(95)104(94)99(60-79)110(98,12)13)69-29-20-26-66(48-69)70-30-21-31-74(49-70)80-36-23-38-88-85-34-16-17-39-100(85)111-106(80)88/h14-60,62-63H,61H2,1-13H3. The molecule has 21 rings (SSSR count). The minimum atomic E-state index is -0.259. The number of fused-ring (bicyclic) bond motifs is 15. The van der Waals surface area contributed by atoms with Crippen molar-refractivity contribution in [3.05, 3.63) is 335 Å². The average Bonchev–Trinajstić information content (AvgIpc) is 1.54. The van der Waals surface area contributed by atoms with Crippen molar-refractivity contribution in [2.75, 3.05) is 0 Å². The minimum absolute atomic E-state index is 0.0502. The van der Waals surface area contributed by atoms with Crippen LogP contribution in [-0.2, 0) is 28.1 Å². The Bertz CT molecular complexity index is 7290. The van der Waals surface area contributed by atoms with Crippen LogP contribution in [0.2, 0.25) is 0 Å². The average molecular weight is 1440 g/mol. The molecule has 0 atom stereocenters. The van der Waals surface area contributed by atoms with E-state index >= 15 is 0 Å². The highest BCUT2D eigenvalue weighted by atomic mass is 32.1. The molecule has 0 unspecified atom stereocenters. The van der Waals surface area contributed by atoms with Gasteiger partial charge in [-0.05, 0) is 304 Å². The molecular formula is C110H90S. The van der Waals surface area contributed by atoms with Crippen molar-refractivity contribution in [2.24, 2.45) is 0 Å². The second-order valence-corrected chi connectivity index (χ2v) is 37.1. The summed E-state index contributed by atoms with van der Waals surface area (Å²) in [5, 5.41) is 27.0. The Morgan fingerprint density at radius 3 is 1.14 bits per heavy atom. The predicted molar refractivity (Wildman–Crippen MR) is 484 cm³/mol. The van der Waals surface area contributed by atoms with E-state index in [1.165, 1.54) is 234 Å². The molecular weight excluding hydrogens is 1350 g/mol. The third-order valence-electron chi connectivity index (χ3n) is 26.4. The van der Waals surface area contributed by atoms with Crippen LogP contribution in [0.5, 0.6) is 0 Å². The Balaban J connectivity index is 0.642. The smallest absolute Gasteiger partial charge is 0.0433 e. The largest absolute Gasteiger partial charge is 0.135 e. The molecule has 1 heterocycles. The van der Waals surface area contributed by atoms with E-state index in [-0.39, 0.29) is 21.7 Å². The van der Waals surface area contributed by atoms with Crippen molar-refractivity contribution in [2.45, 2.75) is 130 Å². The summed E-state index contributed by atoms with van der Waals surface area (Å²) in [5.41, 5.74) is 26.9. The number of hydrogen-bond donors (Lipinski definition) is 0. The molecule has 2 aliphatic rings. The summed E-state index contributed by atoms with van der Waals surface area (Å²) in [7, 11) is 0. The Morgan fingerprint density at radius 2 is 0.622 bits per heavy atom. The molecule has 18 aromatic carbocycles. The van der Waals surface area contributed by atoms with E-state index < -0.39 is 0 Å². The van der Waals surface area contributed by atoms with Crippen LogP contribution in [0.15, 0.2) is 285 Å². The highest BCUT2D eigenvalue weighted by Gasteiger charge is 2.40. The van der Waals surface area contributed by atoms with Crippen LogP contribution in [0.4, 0.5) is 0 Å². The maximum Gasteiger partial charge on any atom is 0.0433 e. The fourth-order valence-electron chi connectivity index (χ4n) is 20.1. The molecule has 2 aliphatic carbocycles. The summed E-state index contributed by atoms with van der Waals surface area (Å²) >= 11 is 1.90. The van der Waals surface area contributed by atoms with Crippen LogP contribution in [-0.4, -0.2) is 0 Å². The van der Waals surface area contributed by atoms with Gasteiger partial charge in [0, 0.05) is 31.0 Å². The van der Waals surface area contributed by atoms with Gasteiger partial charge in [0.2, 0.25) is 0 Å². The zero-order valence-corrected chi connectivity index (χ0v) is 66.7. The molecule has 19 aromatic rings. The fourth-order valence-corrected chi connectivity index (χ4v) is 21.4. The van der Waals surface area contributed by atoms with Crippen LogP contribution >= 0.6 is 11.3 Å². The molecule has 1 aromatic heterocycles. The quantitative estimate of drug-likeness (QED) is 0.113. The van der Waals surface area contributed by atoms with Gasteiger partial charge in [0.25, 0.3) is 0 Å². The topological polar surface area (TPSA) is 0 Å². The molecule has 0 radical (unpaired) electrons. The second-order valence-electron chi connectivity index (χ2n) is 36.0. The number of thiophene rings is 1. The van der Waals surface area contributed by atoms with Crippen molar-refractivity contribution in [3.8, 4) is 66.8 Å². The molecule has 0 nitrogen and oxygen atoms in total. The van der Waals surface area contributed by atoms with Crippen LogP contribution in [0.1, 0.15) is 152 Å². The highest BCUT2D eigenvalue weighted by Crippen LogP contribution is 2.57. The highest BCUT2D eigenvalue weighted by molar-refractivity contribution is 7.26. The molecule has 111 heavy (non-hydrogen) atoms. The number of rotatable bonds is 11.